The van der Waals surface area contributed by atoms with Crippen molar-refractivity contribution in [2.45, 2.75) is 24.8 Å². The van der Waals surface area contributed by atoms with Gasteiger partial charge in [0.15, 0.2) is 0 Å². The summed E-state index contributed by atoms with van der Waals surface area (Å²) >= 11 is 1.49. The number of aryl methyl sites for hydroxylation is 1. The molecule has 116 valence electrons. The van der Waals surface area contributed by atoms with Crippen LogP contribution in [0.5, 0.6) is 0 Å². The lowest BCUT2D eigenvalue weighted by Crippen LogP contribution is -2.49. The minimum absolute atomic E-state index is 0.273. The van der Waals surface area contributed by atoms with Crippen LogP contribution < -0.4 is 16.6 Å². The van der Waals surface area contributed by atoms with Crippen molar-refractivity contribution in [1.82, 2.24) is 15.7 Å². The Labute approximate surface area is 132 Å². The molecule has 2 amide bonds. The average Bonchev–Trinajstić information content (AvgIpc) is 2.49. The standard InChI is InChI=1S/C15H18N4O2S/c1-9-7-14(11-5-3-4-6-12(11)17-9)22-8-13(15(21)19-16)18-10(2)20/h3-7,13H,8,16H2,1-2H3,(H,18,20)(H,19,21)/t13-/m0/s1. The summed E-state index contributed by atoms with van der Waals surface area (Å²) < 4.78 is 0. The second-order valence-electron chi connectivity index (χ2n) is 4.85. The number of fused-ring (bicyclic) bond motifs is 1. The number of pyridine rings is 1. The smallest absolute Gasteiger partial charge is 0.257 e. The molecular weight excluding hydrogens is 300 g/mol. The van der Waals surface area contributed by atoms with Crippen LogP contribution in [-0.2, 0) is 9.59 Å². The Morgan fingerprint density at radius 2 is 2.09 bits per heavy atom. The van der Waals surface area contributed by atoms with E-state index in [1.54, 1.807) is 0 Å². The largest absolute Gasteiger partial charge is 0.344 e. The van der Waals surface area contributed by atoms with Crippen molar-refractivity contribution in [3.8, 4) is 0 Å². The van der Waals surface area contributed by atoms with E-state index in [9.17, 15) is 9.59 Å². The van der Waals surface area contributed by atoms with Gasteiger partial charge in [-0.1, -0.05) is 18.2 Å². The van der Waals surface area contributed by atoms with Crippen LogP contribution in [0.3, 0.4) is 0 Å². The first-order valence-corrected chi connectivity index (χ1v) is 7.76. The van der Waals surface area contributed by atoms with Gasteiger partial charge in [-0.05, 0) is 19.1 Å². The Kier molecular flexibility index (Phi) is 5.35. The molecule has 0 spiro atoms. The molecule has 1 aromatic carbocycles. The maximum atomic E-state index is 11.7. The molecule has 2 rings (SSSR count). The Hall–Kier alpha value is -2.12. The van der Waals surface area contributed by atoms with Crippen LogP contribution in [0, 0.1) is 6.92 Å². The van der Waals surface area contributed by atoms with Crippen molar-refractivity contribution in [2.75, 3.05) is 5.75 Å². The molecule has 2 aromatic rings. The van der Waals surface area contributed by atoms with Crippen molar-refractivity contribution in [1.29, 1.82) is 0 Å². The monoisotopic (exact) mass is 318 g/mol. The van der Waals surface area contributed by atoms with Gasteiger partial charge >= 0.3 is 0 Å². The third-order valence-corrected chi connectivity index (χ3v) is 4.20. The second-order valence-corrected chi connectivity index (χ2v) is 5.91. The summed E-state index contributed by atoms with van der Waals surface area (Å²) in [7, 11) is 0. The van der Waals surface area contributed by atoms with E-state index in [0.717, 1.165) is 21.5 Å². The highest BCUT2D eigenvalue weighted by molar-refractivity contribution is 7.99. The van der Waals surface area contributed by atoms with Crippen LogP contribution >= 0.6 is 11.8 Å². The SMILES string of the molecule is CC(=O)N[C@@H](CSc1cc(C)nc2ccccc12)C(=O)NN. The molecule has 4 N–H and O–H groups in total. The van der Waals surface area contributed by atoms with E-state index in [1.807, 2.05) is 37.3 Å². The van der Waals surface area contributed by atoms with E-state index in [1.165, 1.54) is 18.7 Å². The molecular formula is C15H18N4O2S. The molecule has 0 fully saturated rings. The summed E-state index contributed by atoms with van der Waals surface area (Å²) in [5.74, 6) is 4.86. The van der Waals surface area contributed by atoms with Crippen molar-refractivity contribution < 1.29 is 9.59 Å². The normalized spacial score (nSPS) is 12.0. The van der Waals surface area contributed by atoms with Crippen LogP contribution in [0.1, 0.15) is 12.6 Å². The minimum atomic E-state index is -0.681. The first-order valence-electron chi connectivity index (χ1n) is 6.78. The van der Waals surface area contributed by atoms with Crippen LogP contribution in [0.4, 0.5) is 0 Å². The van der Waals surface area contributed by atoms with Crippen molar-refractivity contribution in [2.24, 2.45) is 5.84 Å². The molecule has 0 saturated carbocycles. The summed E-state index contributed by atoms with van der Waals surface area (Å²) in [5, 5.41) is 3.62. The highest BCUT2D eigenvalue weighted by atomic mass is 32.2. The van der Waals surface area contributed by atoms with Gasteiger partial charge in [-0.2, -0.15) is 0 Å². The maximum absolute atomic E-state index is 11.7. The van der Waals surface area contributed by atoms with Crippen LogP contribution in [0.2, 0.25) is 0 Å². The van der Waals surface area contributed by atoms with Gasteiger partial charge in [0.25, 0.3) is 5.91 Å². The molecule has 6 nitrogen and oxygen atoms in total. The topological polar surface area (TPSA) is 97.1 Å². The summed E-state index contributed by atoms with van der Waals surface area (Å²) in [6.07, 6.45) is 0. The van der Waals surface area contributed by atoms with E-state index in [-0.39, 0.29) is 5.91 Å². The molecule has 0 unspecified atom stereocenters. The van der Waals surface area contributed by atoms with E-state index < -0.39 is 11.9 Å². The number of benzene rings is 1. The fourth-order valence-corrected chi connectivity index (χ4v) is 3.25. The Bertz CT molecular complexity index is 705. The molecule has 0 aliphatic rings. The number of rotatable bonds is 5. The Balaban J connectivity index is 2.22. The van der Waals surface area contributed by atoms with Gasteiger partial charge in [0, 0.05) is 28.7 Å². The molecule has 0 aliphatic heterocycles. The van der Waals surface area contributed by atoms with Crippen molar-refractivity contribution >= 4 is 34.5 Å². The number of carbonyl (C=O) groups is 2. The zero-order chi connectivity index (χ0) is 16.1. The molecule has 0 saturated heterocycles. The number of nitrogens with zero attached hydrogens (tertiary/aromatic N) is 1. The zero-order valence-corrected chi connectivity index (χ0v) is 13.2. The number of thioether (sulfide) groups is 1. The molecule has 22 heavy (non-hydrogen) atoms. The Morgan fingerprint density at radius 1 is 1.36 bits per heavy atom. The van der Waals surface area contributed by atoms with Gasteiger partial charge in [-0.3, -0.25) is 20.0 Å². The molecule has 0 bridgehead atoms. The second kappa shape index (κ2) is 7.24. The van der Waals surface area contributed by atoms with Gasteiger partial charge in [-0.25, -0.2) is 5.84 Å². The summed E-state index contributed by atoms with van der Waals surface area (Å²) in [6, 6.07) is 9.11. The van der Waals surface area contributed by atoms with Crippen LogP contribution in [0.15, 0.2) is 35.2 Å². The first kappa shape index (κ1) is 16.3. The molecule has 1 atom stereocenters. The molecule has 7 heteroatoms. The first-order chi connectivity index (χ1) is 10.5. The highest BCUT2D eigenvalue weighted by Crippen LogP contribution is 2.28. The number of carbonyl (C=O) groups excluding carboxylic acids is 2. The number of hydrazine groups is 1. The molecule has 1 heterocycles. The van der Waals surface area contributed by atoms with Gasteiger partial charge in [0.2, 0.25) is 5.91 Å². The van der Waals surface area contributed by atoms with E-state index >= 15 is 0 Å². The predicted molar refractivity (Wildman–Crippen MR) is 87.1 cm³/mol. The number of hydrogen-bond donors (Lipinski definition) is 3. The number of hydrogen-bond acceptors (Lipinski definition) is 5. The number of para-hydroxylation sites is 1. The minimum Gasteiger partial charge on any atom is -0.344 e. The van der Waals surface area contributed by atoms with Gasteiger partial charge in [0.1, 0.15) is 6.04 Å². The maximum Gasteiger partial charge on any atom is 0.257 e. The van der Waals surface area contributed by atoms with E-state index in [0.29, 0.717) is 5.75 Å². The molecule has 0 radical (unpaired) electrons. The quantitative estimate of drug-likeness (QED) is 0.332. The van der Waals surface area contributed by atoms with Crippen molar-refractivity contribution in [3.05, 3.63) is 36.0 Å². The van der Waals surface area contributed by atoms with Crippen molar-refractivity contribution in [3.63, 3.8) is 0 Å². The fraction of sp³-hybridized carbons (Fsp3) is 0.267. The lowest BCUT2D eigenvalue weighted by atomic mass is 10.2. The third-order valence-electron chi connectivity index (χ3n) is 3.05. The van der Waals surface area contributed by atoms with E-state index in [2.05, 4.69) is 15.7 Å². The number of nitrogens with two attached hydrogens (primary N) is 1. The van der Waals surface area contributed by atoms with E-state index in [4.69, 9.17) is 5.84 Å². The third kappa shape index (κ3) is 3.96. The summed E-state index contributed by atoms with van der Waals surface area (Å²) in [4.78, 5) is 28.4. The molecule has 0 aliphatic carbocycles. The van der Waals surface area contributed by atoms with Gasteiger partial charge in [-0.15, -0.1) is 11.8 Å². The highest BCUT2D eigenvalue weighted by Gasteiger charge is 2.19. The number of nitrogens with one attached hydrogen (secondary N) is 2. The number of aromatic nitrogens is 1. The van der Waals surface area contributed by atoms with Crippen LogP contribution in [0.25, 0.3) is 10.9 Å². The van der Waals surface area contributed by atoms with Gasteiger partial charge < -0.3 is 5.32 Å². The van der Waals surface area contributed by atoms with Crippen LogP contribution in [-0.4, -0.2) is 28.6 Å². The Morgan fingerprint density at radius 3 is 2.77 bits per heavy atom. The number of amides is 2. The van der Waals surface area contributed by atoms with Gasteiger partial charge in [0.05, 0.1) is 5.52 Å². The molecule has 1 aromatic heterocycles. The lowest BCUT2D eigenvalue weighted by Gasteiger charge is -2.16. The zero-order valence-electron chi connectivity index (χ0n) is 12.4. The fourth-order valence-electron chi connectivity index (χ4n) is 2.09. The lowest BCUT2D eigenvalue weighted by molar-refractivity contribution is -0.127. The average molecular weight is 318 g/mol. The summed E-state index contributed by atoms with van der Waals surface area (Å²) in [6.45, 7) is 3.29. The summed E-state index contributed by atoms with van der Waals surface area (Å²) in [5.41, 5.74) is 3.89. The predicted octanol–water partition coefficient (Wildman–Crippen LogP) is 1.13.